The number of hydrogen-bond acceptors (Lipinski definition) is 7. The van der Waals surface area contributed by atoms with Gasteiger partial charge in [0.05, 0.1) is 4.92 Å². The molecule has 4 rings (SSSR count). The van der Waals surface area contributed by atoms with E-state index in [1.54, 1.807) is 12.1 Å². The first-order chi connectivity index (χ1) is 14.7. The van der Waals surface area contributed by atoms with E-state index in [1.165, 1.54) is 6.33 Å². The fourth-order valence-corrected chi connectivity index (χ4v) is 3.54. The van der Waals surface area contributed by atoms with Gasteiger partial charge in [-0.15, -0.1) is 0 Å². The molecule has 0 N–H and O–H groups in total. The summed E-state index contributed by atoms with van der Waals surface area (Å²) in [5.74, 6) is 0.761. The van der Waals surface area contributed by atoms with Crippen LogP contribution in [0.15, 0.2) is 60.9 Å². The monoisotopic (exact) mass is 405 g/mol. The van der Waals surface area contributed by atoms with Gasteiger partial charge in [0.2, 0.25) is 5.82 Å². The second-order valence-corrected chi connectivity index (χ2v) is 7.02. The molecule has 30 heavy (non-hydrogen) atoms. The van der Waals surface area contributed by atoms with Crippen LogP contribution in [0.1, 0.15) is 12.5 Å². The Balaban J connectivity index is 1.55. The maximum absolute atomic E-state index is 11.9. The molecule has 154 valence electrons. The van der Waals surface area contributed by atoms with Gasteiger partial charge in [0, 0.05) is 31.9 Å². The predicted octanol–water partition coefficient (Wildman–Crippen LogP) is 4.07. The number of para-hydroxylation sites is 1. The summed E-state index contributed by atoms with van der Waals surface area (Å²) < 4.78 is 5.76. The number of aryl methyl sites for hydroxylation is 1. The number of ether oxygens (including phenoxy) is 1. The zero-order valence-electron chi connectivity index (χ0n) is 16.8. The Hall–Kier alpha value is -3.68. The molecular formula is C22H23N5O3. The molecule has 0 radical (unpaired) electrons. The van der Waals surface area contributed by atoms with E-state index in [0.717, 1.165) is 30.8 Å². The molecular weight excluding hydrogens is 382 g/mol. The molecule has 1 aliphatic rings. The first-order valence-corrected chi connectivity index (χ1v) is 9.97. The van der Waals surface area contributed by atoms with Gasteiger partial charge in [-0.25, -0.2) is 4.98 Å². The van der Waals surface area contributed by atoms with E-state index in [0.29, 0.717) is 24.7 Å². The summed E-state index contributed by atoms with van der Waals surface area (Å²) in [6.45, 7) is 4.81. The second kappa shape index (κ2) is 8.77. The summed E-state index contributed by atoms with van der Waals surface area (Å²) in [7, 11) is 0. The molecule has 1 aromatic heterocycles. The molecule has 2 aromatic carbocycles. The molecule has 0 atom stereocenters. The van der Waals surface area contributed by atoms with Crippen LogP contribution in [0.5, 0.6) is 11.6 Å². The minimum atomic E-state index is -0.464. The number of anilines is 2. The number of aromatic nitrogens is 2. The van der Waals surface area contributed by atoms with Crippen molar-refractivity contribution in [3.63, 3.8) is 0 Å². The van der Waals surface area contributed by atoms with E-state index in [2.05, 4.69) is 33.9 Å². The van der Waals surface area contributed by atoms with Crippen molar-refractivity contribution in [1.29, 1.82) is 0 Å². The summed E-state index contributed by atoms with van der Waals surface area (Å²) in [4.78, 5) is 23.9. The van der Waals surface area contributed by atoms with Crippen LogP contribution in [0.25, 0.3) is 0 Å². The van der Waals surface area contributed by atoms with Gasteiger partial charge in [0.1, 0.15) is 12.1 Å². The van der Waals surface area contributed by atoms with Gasteiger partial charge >= 0.3 is 11.6 Å². The lowest BCUT2D eigenvalue weighted by atomic mass is 10.2. The normalized spacial score (nSPS) is 13.9. The molecule has 0 aliphatic carbocycles. The highest BCUT2D eigenvalue weighted by molar-refractivity contribution is 5.64. The fourth-order valence-electron chi connectivity index (χ4n) is 3.54. The minimum absolute atomic E-state index is 0.0419. The lowest BCUT2D eigenvalue weighted by Crippen LogP contribution is -2.47. The van der Waals surface area contributed by atoms with E-state index in [4.69, 9.17) is 4.74 Å². The summed E-state index contributed by atoms with van der Waals surface area (Å²) in [5, 5.41) is 11.9. The molecule has 0 amide bonds. The summed E-state index contributed by atoms with van der Waals surface area (Å²) >= 11 is 0. The van der Waals surface area contributed by atoms with Gasteiger partial charge in [-0.2, -0.15) is 4.98 Å². The molecule has 1 fully saturated rings. The van der Waals surface area contributed by atoms with E-state index in [-0.39, 0.29) is 11.6 Å². The summed E-state index contributed by atoms with van der Waals surface area (Å²) in [6.07, 6.45) is 2.23. The molecule has 0 spiro atoms. The van der Waals surface area contributed by atoms with Crippen LogP contribution in [-0.4, -0.2) is 41.1 Å². The SMILES string of the molecule is CCc1ccc(Oc2ncnc(N3CCN(c4ccccc4)CC3)c2[N+](=O)[O-])cc1. The van der Waals surface area contributed by atoms with Crippen molar-refractivity contribution in [3.05, 3.63) is 76.6 Å². The van der Waals surface area contributed by atoms with Gasteiger partial charge in [-0.05, 0) is 36.2 Å². The molecule has 0 bridgehead atoms. The lowest BCUT2D eigenvalue weighted by Gasteiger charge is -2.36. The van der Waals surface area contributed by atoms with Gasteiger partial charge < -0.3 is 14.5 Å². The molecule has 3 aromatic rings. The van der Waals surface area contributed by atoms with Crippen LogP contribution in [0.4, 0.5) is 17.2 Å². The van der Waals surface area contributed by atoms with Crippen molar-refractivity contribution in [3.8, 4) is 11.6 Å². The number of hydrogen-bond donors (Lipinski definition) is 0. The van der Waals surface area contributed by atoms with Crippen molar-refractivity contribution >= 4 is 17.2 Å². The van der Waals surface area contributed by atoms with Gasteiger partial charge in [-0.1, -0.05) is 37.3 Å². The van der Waals surface area contributed by atoms with Gasteiger partial charge in [-0.3, -0.25) is 10.1 Å². The average Bonchev–Trinajstić information content (AvgIpc) is 2.80. The number of nitro groups is 1. The van der Waals surface area contributed by atoms with Crippen molar-refractivity contribution < 1.29 is 9.66 Å². The van der Waals surface area contributed by atoms with Gasteiger partial charge in [0.25, 0.3) is 0 Å². The highest BCUT2D eigenvalue weighted by Crippen LogP contribution is 2.36. The number of piperazine rings is 1. The molecule has 2 heterocycles. The molecule has 1 aliphatic heterocycles. The highest BCUT2D eigenvalue weighted by atomic mass is 16.6. The first kappa shape index (κ1) is 19.6. The van der Waals surface area contributed by atoms with Crippen LogP contribution in [0.3, 0.4) is 0 Å². The maximum Gasteiger partial charge on any atom is 0.373 e. The quantitative estimate of drug-likeness (QED) is 0.451. The highest BCUT2D eigenvalue weighted by Gasteiger charge is 2.30. The summed E-state index contributed by atoms with van der Waals surface area (Å²) in [6, 6.07) is 17.6. The number of benzene rings is 2. The molecule has 1 saturated heterocycles. The zero-order valence-corrected chi connectivity index (χ0v) is 16.8. The summed E-state index contributed by atoms with van der Waals surface area (Å²) in [5.41, 5.74) is 2.11. The maximum atomic E-state index is 11.9. The third-order valence-electron chi connectivity index (χ3n) is 5.20. The lowest BCUT2D eigenvalue weighted by molar-refractivity contribution is -0.385. The van der Waals surface area contributed by atoms with Crippen molar-refractivity contribution in [1.82, 2.24) is 9.97 Å². The topological polar surface area (TPSA) is 84.6 Å². The van der Waals surface area contributed by atoms with E-state index in [1.807, 2.05) is 35.2 Å². The van der Waals surface area contributed by atoms with Crippen LogP contribution in [0, 0.1) is 10.1 Å². The Morgan fingerprint density at radius 3 is 2.27 bits per heavy atom. The van der Waals surface area contributed by atoms with E-state index < -0.39 is 4.92 Å². The van der Waals surface area contributed by atoms with E-state index >= 15 is 0 Å². The molecule has 8 nitrogen and oxygen atoms in total. The third-order valence-corrected chi connectivity index (χ3v) is 5.20. The van der Waals surface area contributed by atoms with Gasteiger partial charge in [0.15, 0.2) is 0 Å². The second-order valence-electron chi connectivity index (χ2n) is 7.02. The van der Waals surface area contributed by atoms with Crippen LogP contribution in [0.2, 0.25) is 0 Å². The Morgan fingerprint density at radius 1 is 0.967 bits per heavy atom. The Bertz CT molecular complexity index is 1000. The molecule has 0 unspecified atom stereocenters. The zero-order chi connectivity index (χ0) is 20.9. The first-order valence-electron chi connectivity index (χ1n) is 9.97. The molecule has 0 saturated carbocycles. The predicted molar refractivity (Wildman–Crippen MR) is 115 cm³/mol. The standard InChI is InChI=1S/C22H23N5O3/c1-2-17-8-10-19(11-9-17)30-22-20(27(28)29)21(23-16-24-22)26-14-12-25(13-15-26)18-6-4-3-5-7-18/h3-11,16H,2,12-15H2,1H3. The third kappa shape index (κ3) is 4.17. The van der Waals surface area contributed by atoms with Crippen molar-refractivity contribution in [2.24, 2.45) is 0 Å². The van der Waals surface area contributed by atoms with Crippen molar-refractivity contribution in [2.45, 2.75) is 13.3 Å². The van der Waals surface area contributed by atoms with Crippen molar-refractivity contribution in [2.75, 3.05) is 36.0 Å². The van der Waals surface area contributed by atoms with Crippen LogP contribution < -0.4 is 14.5 Å². The smallest absolute Gasteiger partial charge is 0.373 e. The van der Waals surface area contributed by atoms with Crippen LogP contribution >= 0.6 is 0 Å². The largest absolute Gasteiger partial charge is 0.434 e. The Morgan fingerprint density at radius 2 is 1.63 bits per heavy atom. The van der Waals surface area contributed by atoms with Crippen LogP contribution in [-0.2, 0) is 6.42 Å². The Labute approximate surface area is 174 Å². The Kier molecular flexibility index (Phi) is 5.74. The van der Waals surface area contributed by atoms with E-state index in [9.17, 15) is 10.1 Å². The number of nitrogens with zero attached hydrogens (tertiary/aromatic N) is 5. The minimum Gasteiger partial charge on any atom is -0.434 e. The average molecular weight is 405 g/mol. The fraction of sp³-hybridized carbons (Fsp3) is 0.273. The molecule has 8 heteroatoms. The number of rotatable bonds is 6.